The average molecular weight is 292 g/mol. The zero-order chi connectivity index (χ0) is 14.3. The molecule has 0 radical (unpaired) electrons. The van der Waals surface area contributed by atoms with Crippen molar-refractivity contribution in [2.45, 2.75) is 12.3 Å². The standard InChI is InChI=1S/C14H11ClFN3O/c1-17-13-11-10(20)6-9(12(11)18-14(15)19-13)7-2-4-8(16)5-3-7/h2-5,9H,6H2,1H3,(H,17,18,19). The average Bonchev–Trinajstić information content (AvgIpc) is 2.76. The minimum atomic E-state index is -0.310. The third-order valence-electron chi connectivity index (χ3n) is 3.42. The number of nitrogens with zero attached hydrogens (tertiary/aromatic N) is 2. The second-order valence-electron chi connectivity index (χ2n) is 4.58. The molecule has 4 nitrogen and oxygen atoms in total. The Morgan fingerprint density at radius 3 is 2.65 bits per heavy atom. The molecule has 1 heterocycles. The maximum atomic E-state index is 13.0. The van der Waals surface area contributed by atoms with Crippen molar-refractivity contribution < 1.29 is 9.18 Å². The highest BCUT2D eigenvalue weighted by Gasteiger charge is 2.35. The molecule has 0 fully saturated rings. The number of anilines is 1. The number of carbonyl (C=O) groups excluding carboxylic acids is 1. The van der Waals surface area contributed by atoms with E-state index in [0.717, 1.165) is 5.56 Å². The third kappa shape index (κ3) is 2.04. The zero-order valence-electron chi connectivity index (χ0n) is 10.7. The van der Waals surface area contributed by atoms with Gasteiger partial charge in [-0.1, -0.05) is 12.1 Å². The molecule has 1 aliphatic rings. The predicted octanol–water partition coefficient (Wildman–Crippen LogP) is 3.03. The number of Topliss-reactive ketones (excluding diaryl/α,β-unsaturated/α-hetero) is 1. The van der Waals surface area contributed by atoms with Gasteiger partial charge in [0.05, 0.1) is 11.3 Å². The molecule has 0 saturated carbocycles. The first-order valence-electron chi connectivity index (χ1n) is 6.14. The Labute approximate surface area is 120 Å². The Hall–Kier alpha value is -2.01. The molecule has 1 unspecified atom stereocenters. The topological polar surface area (TPSA) is 54.9 Å². The van der Waals surface area contributed by atoms with Crippen molar-refractivity contribution in [1.82, 2.24) is 9.97 Å². The van der Waals surface area contributed by atoms with E-state index in [0.29, 0.717) is 23.5 Å². The first-order chi connectivity index (χ1) is 9.60. The van der Waals surface area contributed by atoms with Crippen molar-refractivity contribution in [3.05, 3.63) is 52.2 Å². The molecule has 6 heteroatoms. The lowest BCUT2D eigenvalue weighted by atomic mass is 9.97. The highest BCUT2D eigenvalue weighted by atomic mass is 35.5. The van der Waals surface area contributed by atoms with Crippen LogP contribution >= 0.6 is 11.6 Å². The second-order valence-corrected chi connectivity index (χ2v) is 4.92. The molecule has 1 aromatic heterocycles. The normalized spacial score (nSPS) is 17.1. The van der Waals surface area contributed by atoms with E-state index in [-0.39, 0.29) is 22.8 Å². The van der Waals surface area contributed by atoms with Crippen LogP contribution in [0, 0.1) is 5.82 Å². The van der Waals surface area contributed by atoms with E-state index in [1.165, 1.54) is 12.1 Å². The van der Waals surface area contributed by atoms with Crippen molar-refractivity contribution in [2.24, 2.45) is 0 Å². The molecule has 2 aromatic rings. The van der Waals surface area contributed by atoms with E-state index in [1.54, 1.807) is 19.2 Å². The summed E-state index contributed by atoms with van der Waals surface area (Å²) in [6, 6.07) is 6.08. The maximum absolute atomic E-state index is 13.0. The molecule has 0 amide bonds. The fourth-order valence-electron chi connectivity index (χ4n) is 2.51. The minimum Gasteiger partial charge on any atom is -0.372 e. The first-order valence-corrected chi connectivity index (χ1v) is 6.51. The van der Waals surface area contributed by atoms with E-state index in [1.807, 2.05) is 0 Å². The Morgan fingerprint density at radius 1 is 1.30 bits per heavy atom. The Bertz CT molecular complexity index is 688. The molecule has 0 bridgehead atoms. The molecular formula is C14H11ClFN3O. The Morgan fingerprint density at radius 2 is 2.00 bits per heavy atom. The summed E-state index contributed by atoms with van der Waals surface area (Å²) in [6.07, 6.45) is 0.296. The summed E-state index contributed by atoms with van der Waals surface area (Å²) in [6.45, 7) is 0. The van der Waals surface area contributed by atoms with Gasteiger partial charge in [-0.25, -0.2) is 14.4 Å². The summed E-state index contributed by atoms with van der Waals surface area (Å²) >= 11 is 5.90. The first kappa shape index (κ1) is 13.0. The van der Waals surface area contributed by atoms with Gasteiger partial charge in [-0.2, -0.15) is 0 Å². The highest BCUT2D eigenvalue weighted by Crippen LogP contribution is 2.39. The van der Waals surface area contributed by atoms with Gasteiger partial charge >= 0.3 is 0 Å². The number of ketones is 1. The van der Waals surface area contributed by atoms with Gasteiger partial charge in [0.15, 0.2) is 5.78 Å². The van der Waals surface area contributed by atoms with Gasteiger partial charge in [0.1, 0.15) is 11.6 Å². The maximum Gasteiger partial charge on any atom is 0.224 e. The summed E-state index contributed by atoms with van der Waals surface area (Å²) in [5.74, 6) is -0.106. The lowest BCUT2D eigenvalue weighted by Crippen LogP contribution is -2.05. The molecule has 3 rings (SSSR count). The molecule has 20 heavy (non-hydrogen) atoms. The molecule has 102 valence electrons. The molecule has 0 spiro atoms. The van der Waals surface area contributed by atoms with Crippen molar-refractivity contribution in [3.8, 4) is 0 Å². The van der Waals surface area contributed by atoms with Gasteiger partial charge in [-0.3, -0.25) is 4.79 Å². The van der Waals surface area contributed by atoms with Crippen LogP contribution in [0.2, 0.25) is 5.28 Å². The van der Waals surface area contributed by atoms with Gasteiger partial charge in [0.2, 0.25) is 5.28 Å². The summed E-state index contributed by atoms with van der Waals surface area (Å²) in [5.41, 5.74) is 1.92. The van der Waals surface area contributed by atoms with Crippen LogP contribution in [0.15, 0.2) is 24.3 Å². The highest BCUT2D eigenvalue weighted by molar-refractivity contribution is 6.28. The second kappa shape index (κ2) is 4.83. The van der Waals surface area contributed by atoms with Crippen LogP contribution in [0.4, 0.5) is 10.2 Å². The number of hydrogen-bond donors (Lipinski definition) is 1. The number of aromatic nitrogens is 2. The molecule has 1 N–H and O–H groups in total. The van der Waals surface area contributed by atoms with Crippen LogP contribution in [0.25, 0.3) is 0 Å². The lowest BCUT2D eigenvalue weighted by molar-refractivity contribution is 0.0992. The summed E-state index contributed by atoms with van der Waals surface area (Å²) in [4.78, 5) is 20.4. The van der Waals surface area contributed by atoms with Crippen LogP contribution in [-0.2, 0) is 0 Å². The molecular weight excluding hydrogens is 281 g/mol. The number of benzene rings is 1. The van der Waals surface area contributed by atoms with Crippen LogP contribution < -0.4 is 5.32 Å². The third-order valence-corrected chi connectivity index (χ3v) is 3.59. The summed E-state index contributed by atoms with van der Waals surface area (Å²) in [7, 11) is 1.68. The van der Waals surface area contributed by atoms with E-state index >= 15 is 0 Å². The van der Waals surface area contributed by atoms with Gasteiger partial charge in [-0.15, -0.1) is 0 Å². The largest absolute Gasteiger partial charge is 0.372 e. The molecule has 1 aromatic carbocycles. The van der Waals surface area contributed by atoms with E-state index in [4.69, 9.17) is 11.6 Å². The number of nitrogens with one attached hydrogen (secondary N) is 1. The fraction of sp³-hybridized carbons (Fsp3) is 0.214. The van der Waals surface area contributed by atoms with Crippen molar-refractivity contribution in [2.75, 3.05) is 12.4 Å². The van der Waals surface area contributed by atoms with Crippen LogP contribution in [-0.4, -0.2) is 22.8 Å². The van der Waals surface area contributed by atoms with Crippen molar-refractivity contribution in [1.29, 1.82) is 0 Å². The van der Waals surface area contributed by atoms with Gasteiger partial charge < -0.3 is 5.32 Å². The SMILES string of the molecule is CNc1nc(Cl)nc2c1C(=O)CC2c1ccc(F)cc1. The lowest BCUT2D eigenvalue weighted by Gasteiger charge is -2.11. The van der Waals surface area contributed by atoms with E-state index in [2.05, 4.69) is 15.3 Å². The number of fused-ring (bicyclic) bond motifs is 1. The summed E-state index contributed by atoms with van der Waals surface area (Å²) < 4.78 is 13.0. The predicted molar refractivity (Wildman–Crippen MR) is 73.8 cm³/mol. The van der Waals surface area contributed by atoms with E-state index < -0.39 is 0 Å². The number of halogens is 2. The molecule has 1 aliphatic carbocycles. The van der Waals surface area contributed by atoms with Crippen molar-refractivity contribution in [3.63, 3.8) is 0 Å². The monoisotopic (exact) mass is 291 g/mol. The van der Waals surface area contributed by atoms with Crippen molar-refractivity contribution >= 4 is 23.2 Å². The molecule has 0 saturated heterocycles. The van der Waals surface area contributed by atoms with Gasteiger partial charge in [0.25, 0.3) is 0 Å². The minimum absolute atomic E-state index is 0.0321. The Kier molecular flexibility index (Phi) is 3.14. The molecule has 1 atom stereocenters. The molecule has 0 aliphatic heterocycles. The quantitative estimate of drug-likeness (QED) is 0.864. The van der Waals surface area contributed by atoms with Crippen LogP contribution in [0.1, 0.15) is 34.0 Å². The Balaban J connectivity index is 2.14. The summed E-state index contributed by atoms with van der Waals surface area (Å²) in [5, 5.41) is 2.96. The number of carbonyl (C=O) groups is 1. The van der Waals surface area contributed by atoms with Crippen LogP contribution in [0.3, 0.4) is 0 Å². The zero-order valence-corrected chi connectivity index (χ0v) is 11.4. The smallest absolute Gasteiger partial charge is 0.224 e. The van der Waals surface area contributed by atoms with Crippen LogP contribution in [0.5, 0.6) is 0 Å². The van der Waals surface area contributed by atoms with E-state index in [9.17, 15) is 9.18 Å². The number of rotatable bonds is 2. The van der Waals surface area contributed by atoms with Gasteiger partial charge in [-0.05, 0) is 29.3 Å². The fourth-order valence-corrected chi connectivity index (χ4v) is 2.69. The van der Waals surface area contributed by atoms with Gasteiger partial charge in [0, 0.05) is 19.4 Å². The number of hydrogen-bond acceptors (Lipinski definition) is 4.